The van der Waals surface area contributed by atoms with Gasteiger partial charge in [-0.15, -0.1) is 0 Å². The molecular weight excluding hydrogens is 423 g/mol. The van der Waals surface area contributed by atoms with E-state index in [-0.39, 0.29) is 11.6 Å². The van der Waals surface area contributed by atoms with Crippen LogP contribution in [-0.2, 0) is 22.1 Å². The van der Waals surface area contributed by atoms with Gasteiger partial charge < -0.3 is 15.8 Å². The van der Waals surface area contributed by atoms with Crippen LogP contribution in [0.2, 0.25) is 0 Å². The van der Waals surface area contributed by atoms with Gasteiger partial charge in [-0.05, 0) is 75.1 Å². The molecule has 9 heteroatoms. The SMILES string of the molecule is CC(Cc1ccc(NC(=O)OC(C)(C)C)cc1)[C@H](N)C(=O)Nc1ccc(C(F)(F)F)cc1. The third-order valence-corrected chi connectivity index (χ3v) is 4.55. The van der Waals surface area contributed by atoms with Crippen molar-refractivity contribution in [2.75, 3.05) is 10.6 Å². The molecule has 0 fully saturated rings. The van der Waals surface area contributed by atoms with Crippen LogP contribution in [0.15, 0.2) is 48.5 Å². The molecule has 4 N–H and O–H groups in total. The fraction of sp³-hybridized carbons (Fsp3) is 0.391. The highest BCUT2D eigenvalue weighted by Gasteiger charge is 2.30. The van der Waals surface area contributed by atoms with Gasteiger partial charge in [-0.1, -0.05) is 19.1 Å². The average Bonchev–Trinajstić information content (AvgIpc) is 2.67. The van der Waals surface area contributed by atoms with Crippen molar-refractivity contribution in [2.24, 2.45) is 11.7 Å². The number of carbonyl (C=O) groups excluding carboxylic acids is 2. The molecule has 1 unspecified atom stereocenters. The summed E-state index contributed by atoms with van der Waals surface area (Å²) in [5.74, 6) is -0.727. The van der Waals surface area contributed by atoms with Crippen molar-refractivity contribution in [3.8, 4) is 0 Å². The standard InChI is InChI=1S/C23H28F3N3O3/c1-14(13-15-5-9-18(10-6-15)29-21(31)32-22(2,3)4)19(27)20(30)28-17-11-7-16(8-12-17)23(24,25)26/h5-12,14,19H,13,27H2,1-4H3,(H,28,30)(H,29,31)/t14?,19-/m0/s1. The van der Waals surface area contributed by atoms with Crippen molar-refractivity contribution in [1.29, 1.82) is 0 Å². The van der Waals surface area contributed by atoms with Gasteiger partial charge in [0.15, 0.2) is 0 Å². The maximum absolute atomic E-state index is 12.6. The monoisotopic (exact) mass is 451 g/mol. The molecule has 0 heterocycles. The fourth-order valence-corrected chi connectivity index (χ4v) is 2.87. The maximum Gasteiger partial charge on any atom is 0.416 e. The Kier molecular flexibility index (Phi) is 7.90. The number of anilines is 2. The maximum atomic E-state index is 12.6. The summed E-state index contributed by atoms with van der Waals surface area (Å²) in [5, 5.41) is 5.18. The van der Waals surface area contributed by atoms with Gasteiger partial charge in [0.25, 0.3) is 0 Å². The van der Waals surface area contributed by atoms with Gasteiger partial charge in [0, 0.05) is 11.4 Å². The van der Waals surface area contributed by atoms with E-state index in [1.165, 1.54) is 12.1 Å². The van der Waals surface area contributed by atoms with E-state index < -0.39 is 35.4 Å². The Labute approximate surface area is 185 Å². The summed E-state index contributed by atoms with van der Waals surface area (Å²) in [5.41, 5.74) is 6.37. The first-order chi connectivity index (χ1) is 14.7. The van der Waals surface area contributed by atoms with Crippen molar-refractivity contribution in [3.63, 3.8) is 0 Å². The molecule has 0 aliphatic carbocycles. The number of nitrogens with one attached hydrogen (secondary N) is 2. The number of hydrogen-bond donors (Lipinski definition) is 3. The van der Waals surface area contributed by atoms with E-state index in [4.69, 9.17) is 10.5 Å². The van der Waals surface area contributed by atoms with Crippen molar-refractivity contribution in [1.82, 2.24) is 0 Å². The van der Waals surface area contributed by atoms with Crippen LogP contribution in [0, 0.1) is 5.92 Å². The number of ether oxygens (including phenoxy) is 1. The minimum absolute atomic E-state index is 0.239. The molecular formula is C23H28F3N3O3. The first-order valence-electron chi connectivity index (χ1n) is 10.1. The van der Waals surface area contributed by atoms with Crippen LogP contribution in [0.4, 0.5) is 29.3 Å². The molecule has 2 aromatic carbocycles. The van der Waals surface area contributed by atoms with E-state index >= 15 is 0 Å². The predicted octanol–water partition coefficient (Wildman–Crippen LogP) is 5.20. The van der Waals surface area contributed by atoms with Crippen LogP contribution < -0.4 is 16.4 Å². The molecule has 0 saturated carbocycles. The molecule has 0 saturated heterocycles. The molecule has 32 heavy (non-hydrogen) atoms. The average molecular weight is 451 g/mol. The van der Waals surface area contributed by atoms with Crippen molar-refractivity contribution in [3.05, 3.63) is 59.7 Å². The number of carbonyl (C=O) groups is 2. The number of nitrogens with two attached hydrogens (primary N) is 1. The summed E-state index contributed by atoms with van der Waals surface area (Å²) in [6.07, 6.45) is -4.50. The van der Waals surface area contributed by atoms with Gasteiger partial charge in [0.05, 0.1) is 11.6 Å². The van der Waals surface area contributed by atoms with Crippen molar-refractivity contribution >= 4 is 23.4 Å². The normalized spacial score (nSPS) is 13.8. The Balaban J connectivity index is 1.90. The Bertz CT molecular complexity index is 921. The van der Waals surface area contributed by atoms with E-state index in [1.54, 1.807) is 32.9 Å². The molecule has 0 radical (unpaired) electrons. The number of hydrogen-bond acceptors (Lipinski definition) is 4. The number of amides is 2. The van der Waals surface area contributed by atoms with Crippen molar-refractivity contribution in [2.45, 2.75) is 51.9 Å². The molecule has 0 spiro atoms. The number of benzene rings is 2. The molecule has 2 atom stereocenters. The first-order valence-corrected chi connectivity index (χ1v) is 10.1. The van der Waals surface area contributed by atoms with Gasteiger partial charge in [0.1, 0.15) is 5.60 Å². The van der Waals surface area contributed by atoms with Crippen LogP contribution in [0.25, 0.3) is 0 Å². The molecule has 0 bridgehead atoms. The van der Waals surface area contributed by atoms with E-state index in [0.29, 0.717) is 12.1 Å². The number of alkyl halides is 3. The highest BCUT2D eigenvalue weighted by atomic mass is 19.4. The second-order valence-corrected chi connectivity index (χ2v) is 8.60. The van der Waals surface area contributed by atoms with Crippen LogP contribution in [0.5, 0.6) is 0 Å². The Morgan fingerprint density at radius 1 is 0.938 bits per heavy atom. The topological polar surface area (TPSA) is 93.4 Å². The smallest absolute Gasteiger partial charge is 0.416 e. The third kappa shape index (κ3) is 7.88. The highest BCUT2D eigenvalue weighted by Crippen LogP contribution is 2.29. The summed E-state index contributed by atoms with van der Waals surface area (Å²) < 4.78 is 43.1. The summed E-state index contributed by atoms with van der Waals surface area (Å²) >= 11 is 0. The molecule has 2 amide bonds. The quantitative estimate of drug-likeness (QED) is 0.563. The largest absolute Gasteiger partial charge is 0.444 e. The summed E-state index contributed by atoms with van der Waals surface area (Å²) in [6, 6.07) is 10.4. The second-order valence-electron chi connectivity index (χ2n) is 8.60. The van der Waals surface area contributed by atoms with Crippen LogP contribution in [-0.4, -0.2) is 23.6 Å². The van der Waals surface area contributed by atoms with Crippen LogP contribution in [0.1, 0.15) is 38.8 Å². The lowest BCUT2D eigenvalue weighted by atomic mass is 9.93. The van der Waals surface area contributed by atoms with E-state index in [2.05, 4.69) is 10.6 Å². The zero-order valence-electron chi connectivity index (χ0n) is 18.4. The molecule has 0 aromatic heterocycles. The third-order valence-electron chi connectivity index (χ3n) is 4.55. The highest BCUT2D eigenvalue weighted by molar-refractivity contribution is 5.94. The molecule has 0 aliphatic rings. The Morgan fingerprint density at radius 2 is 1.44 bits per heavy atom. The lowest BCUT2D eigenvalue weighted by Crippen LogP contribution is -2.41. The lowest BCUT2D eigenvalue weighted by Gasteiger charge is -2.20. The summed E-state index contributed by atoms with van der Waals surface area (Å²) in [6.45, 7) is 7.12. The van der Waals surface area contributed by atoms with Gasteiger partial charge >= 0.3 is 12.3 Å². The number of rotatable bonds is 6. The molecule has 174 valence electrons. The molecule has 2 rings (SSSR count). The van der Waals surface area contributed by atoms with Gasteiger partial charge in [-0.2, -0.15) is 13.2 Å². The minimum Gasteiger partial charge on any atom is -0.444 e. The molecule has 6 nitrogen and oxygen atoms in total. The van der Waals surface area contributed by atoms with Crippen LogP contribution >= 0.6 is 0 Å². The van der Waals surface area contributed by atoms with Gasteiger partial charge in [0.2, 0.25) is 5.91 Å². The van der Waals surface area contributed by atoms with E-state index in [0.717, 1.165) is 17.7 Å². The Hall–Kier alpha value is -3.07. The second kappa shape index (κ2) is 10.0. The zero-order chi connectivity index (χ0) is 24.1. The van der Waals surface area contributed by atoms with Crippen LogP contribution in [0.3, 0.4) is 0 Å². The summed E-state index contributed by atoms with van der Waals surface area (Å²) in [4.78, 5) is 24.2. The summed E-state index contributed by atoms with van der Waals surface area (Å²) in [7, 11) is 0. The first kappa shape index (κ1) is 25.2. The van der Waals surface area contributed by atoms with E-state index in [1.807, 2.05) is 19.1 Å². The number of halogens is 3. The minimum atomic E-state index is -4.44. The predicted molar refractivity (Wildman–Crippen MR) is 117 cm³/mol. The lowest BCUT2D eigenvalue weighted by molar-refractivity contribution is -0.137. The zero-order valence-corrected chi connectivity index (χ0v) is 18.4. The molecule has 2 aromatic rings. The molecule has 0 aliphatic heterocycles. The van der Waals surface area contributed by atoms with E-state index in [9.17, 15) is 22.8 Å². The van der Waals surface area contributed by atoms with Gasteiger partial charge in [-0.25, -0.2) is 4.79 Å². The van der Waals surface area contributed by atoms with Crippen molar-refractivity contribution < 1.29 is 27.5 Å². The van der Waals surface area contributed by atoms with Gasteiger partial charge in [-0.3, -0.25) is 10.1 Å². The Morgan fingerprint density at radius 3 is 1.94 bits per heavy atom. The fourth-order valence-electron chi connectivity index (χ4n) is 2.87.